The molecule has 0 amide bonds. The van der Waals surface area contributed by atoms with E-state index in [2.05, 4.69) is 14.9 Å². The first kappa shape index (κ1) is 19.3. The molecule has 0 spiro atoms. The van der Waals surface area contributed by atoms with E-state index in [1.165, 1.54) is 0 Å². The summed E-state index contributed by atoms with van der Waals surface area (Å²) in [5.41, 5.74) is 12.7. The molecule has 0 atom stereocenters. The number of piperidine rings is 1. The standard InChI is InChI=1S/C21H23F2N5O/c22-15-4-1-3-14(19(15)23)11-28-9-7-13(8-10-28)12-29-17-6-2-5-16-18(17)20(24)27-21(25)26-16/h1-6,13H,7-12H2,(H4,24,25,26,27). The van der Waals surface area contributed by atoms with Crippen LogP contribution in [0.15, 0.2) is 36.4 Å². The van der Waals surface area contributed by atoms with Crippen molar-refractivity contribution in [1.29, 1.82) is 0 Å². The van der Waals surface area contributed by atoms with Gasteiger partial charge in [-0.15, -0.1) is 0 Å². The molecule has 2 heterocycles. The zero-order valence-electron chi connectivity index (χ0n) is 15.9. The number of aromatic nitrogens is 2. The predicted octanol–water partition coefficient (Wildman–Crippen LogP) is 3.36. The molecule has 0 aliphatic carbocycles. The predicted molar refractivity (Wildman–Crippen MR) is 108 cm³/mol. The lowest BCUT2D eigenvalue weighted by Crippen LogP contribution is -2.35. The number of hydrogen-bond acceptors (Lipinski definition) is 6. The van der Waals surface area contributed by atoms with Gasteiger partial charge in [-0.25, -0.2) is 13.8 Å². The van der Waals surface area contributed by atoms with Crippen LogP contribution in [0.25, 0.3) is 10.9 Å². The van der Waals surface area contributed by atoms with Gasteiger partial charge in [-0.1, -0.05) is 18.2 Å². The van der Waals surface area contributed by atoms with Crippen LogP contribution >= 0.6 is 0 Å². The average Bonchev–Trinajstić information content (AvgIpc) is 2.70. The maximum atomic E-state index is 13.9. The topological polar surface area (TPSA) is 90.3 Å². The molecular formula is C21H23F2N5O. The Kier molecular flexibility index (Phi) is 5.44. The number of hydrogen-bond donors (Lipinski definition) is 2. The lowest BCUT2D eigenvalue weighted by molar-refractivity contribution is 0.136. The monoisotopic (exact) mass is 399 g/mol. The molecule has 6 nitrogen and oxygen atoms in total. The van der Waals surface area contributed by atoms with Crippen molar-refractivity contribution in [1.82, 2.24) is 14.9 Å². The van der Waals surface area contributed by atoms with Gasteiger partial charge in [0.15, 0.2) is 11.6 Å². The van der Waals surface area contributed by atoms with Gasteiger partial charge >= 0.3 is 0 Å². The second-order valence-electron chi connectivity index (χ2n) is 7.36. The van der Waals surface area contributed by atoms with E-state index in [0.717, 1.165) is 32.0 Å². The SMILES string of the molecule is Nc1nc(N)c2c(OCC3CCN(Cc4cccc(F)c4F)CC3)cccc2n1. The van der Waals surface area contributed by atoms with Crippen LogP contribution in [0.2, 0.25) is 0 Å². The Morgan fingerprint density at radius 1 is 1.03 bits per heavy atom. The Morgan fingerprint density at radius 3 is 2.59 bits per heavy atom. The smallest absolute Gasteiger partial charge is 0.222 e. The molecule has 2 aromatic carbocycles. The molecule has 3 aromatic rings. The molecule has 8 heteroatoms. The van der Waals surface area contributed by atoms with Gasteiger partial charge in [-0.2, -0.15) is 4.98 Å². The second-order valence-corrected chi connectivity index (χ2v) is 7.36. The van der Waals surface area contributed by atoms with Crippen LogP contribution < -0.4 is 16.2 Å². The molecule has 1 aliphatic rings. The van der Waals surface area contributed by atoms with Gasteiger partial charge in [0.25, 0.3) is 0 Å². The van der Waals surface area contributed by atoms with Crippen LogP contribution in [-0.4, -0.2) is 34.6 Å². The van der Waals surface area contributed by atoms with E-state index in [4.69, 9.17) is 16.2 Å². The Balaban J connectivity index is 1.35. The van der Waals surface area contributed by atoms with Crippen molar-refractivity contribution in [3.05, 3.63) is 53.6 Å². The molecular weight excluding hydrogens is 376 g/mol. The van der Waals surface area contributed by atoms with Crippen LogP contribution in [0, 0.1) is 17.6 Å². The minimum Gasteiger partial charge on any atom is -0.492 e. The number of nitrogen functional groups attached to an aromatic ring is 2. The first-order valence-corrected chi connectivity index (χ1v) is 9.61. The lowest BCUT2D eigenvalue weighted by Gasteiger charge is -2.32. The van der Waals surface area contributed by atoms with E-state index < -0.39 is 11.6 Å². The van der Waals surface area contributed by atoms with Gasteiger partial charge in [0.1, 0.15) is 11.6 Å². The van der Waals surface area contributed by atoms with Crippen molar-refractivity contribution in [3.8, 4) is 5.75 Å². The highest BCUT2D eigenvalue weighted by Crippen LogP contribution is 2.30. The first-order valence-electron chi connectivity index (χ1n) is 9.61. The average molecular weight is 399 g/mol. The minimum absolute atomic E-state index is 0.134. The van der Waals surface area contributed by atoms with E-state index in [9.17, 15) is 8.78 Å². The highest BCUT2D eigenvalue weighted by molar-refractivity contribution is 5.94. The Hall–Kier alpha value is -3.00. The summed E-state index contributed by atoms with van der Waals surface area (Å²) in [6.07, 6.45) is 1.83. The van der Waals surface area contributed by atoms with Crippen molar-refractivity contribution >= 4 is 22.7 Å². The summed E-state index contributed by atoms with van der Waals surface area (Å²) in [4.78, 5) is 10.4. The Labute approximate surface area is 167 Å². The van der Waals surface area contributed by atoms with Crippen molar-refractivity contribution in [3.63, 3.8) is 0 Å². The summed E-state index contributed by atoms with van der Waals surface area (Å²) in [6, 6.07) is 9.83. The van der Waals surface area contributed by atoms with Gasteiger partial charge < -0.3 is 16.2 Å². The summed E-state index contributed by atoms with van der Waals surface area (Å²) in [5.74, 6) is -0.108. The third kappa shape index (κ3) is 4.22. The van der Waals surface area contributed by atoms with Crippen molar-refractivity contribution in [2.24, 2.45) is 5.92 Å². The summed E-state index contributed by atoms with van der Waals surface area (Å²) in [5, 5.41) is 0.667. The molecule has 1 aliphatic heterocycles. The number of anilines is 2. The van der Waals surface area contributed by atoms with Crippen molar-refractivity contribution in [2.75, 3.05) is 31.2 Å². The number of likely N-dealkylation sites (tertiary alicyclic amines) is 1. The highest BCUT2D eigenvalue weighted by Gasteiger charge is 2.22. The van der Waals surface area contributed by atoms with Gasteiger partial charge in [0.2, 0.25) is 5.95 Å². The number of rotatable bonds is 5. The number of fused-ring (bicyclic) bond motifs is 1. The molecule has 0 radical (unpaired) electrons. The van der Waals surface area contributed by atoms with Crippen molar-refractivity contribution < 1.29 is 13.5 Å². The maximum absolute atomic E-state index is 13.9. The maximum Gasteiger partial charge on any atom is 0.222 e. The Morgan fingerprint density at radius 2 is 1.79 bits per heavy atom. The molecule has 1 aromatic heterocycles. The molecule has 29 heavy (non-hydrogen) atoms. The van der Waals surface area contributed by atoms with Crippen LogP contribution in [-0.2, 0) is 6.54 Å². The fraction of sp³-hybridized carbons (Fsp3) is 0.333. The molecule has 0 bridgehead atoms. The summed E-state index contributed by atoms with van der Waals surface area (Å²) < 4.78 is 33.3. The van der Waals surface area contributed by atoms with Gasteiger partial charge in [0.05, 0.1) is 17.5 Å². The number of benzene rings is 2. The summed E-state index contributed by atoms with van der Waals surface area (Å²) in [6.45, 7) is 2.57. The summed E-state index contributed by atoms with van der Waals surface area (Å²) >= 11 is 0. The van der Waals surface area contributed by atoms with Gasteiger partial charge in [0, 0.05) is 12.1 Å². The molecule has 152 valence electrons. The fourth-order valence-electron chi connectivity index (χ4n) is 3.75. The Bertz CT molecular complexity index is 1020. The van der Waals surface area contributed by atoms with Crippen LogP contribution in [0.4, 0.5) is 20.5 Å². The normalized spacial score (nSPS) is 15.7. The largest absolute Gasteiger partial charge is 0.492 e. The van der Waals surface area contributed by atoms with Crippen LogP contribution in [0.5, 0.6) is 5.75 Å². The highest BCUT2D eigenvalue weighted by atomic mass is 19.2. The van der Waals surface area contributed by atoms with E-state index in [0.29, 0.717) is 47.1 Å². The number of nitrogens with two attached hydrogens (primary N) is 2. The molecule has 0 unspecified atom stereocenters. The third-order valence-corrected chi connectivity index (χ3v) is 5.34. The summed E-state index contributed by atoms with van der Waals surface area (Å²) in [7, 11) is 0. The van der Waals surface area contributed by atoms with Gasteiger partial charge in [-0.3, -0.25) is 4.90 Å². The minimum atomic E-state index is -0.800. The van der Waals surface area contributed by atoms with Crippen molar-refractivity contribution in [2.45, 2.75) is 19.4 Å². The fourth-order valence-corrected chi connectivity index (χ4v) is 3.75. The second kappa shape index (κ2) is 8.16. The quantitative estimate of drug-likeness (QED) is 0.684. The molecule has 4 rings (SSSR count). The zero-order chi connectivity index (χ0) is 20.4. The van der Waals surface area contributed by atoms with Crippen LogP contribution in [0.3, 0.4) is 0 Å². The lowest BCUT2D eigenvalue weighted by atomic mass is 9.97. The van der Waals surface area contributed by atoms with E-state index in [1.807, 2.05) is 18.2 Å². The molecule has 4 N–H and O–H groups in total. The first-order chi connectivity index (χ1) is 14.0. The molecule has 1 fully saturated rings. The number of halogens is 2. The van der Waals surface area contributed by atoms with E-state index in [1.54, 1.807) is 12.1 Å². The molecule has 0 saturated carbocycles. The van der Waals surface area contributed by atoms with E-state index >= 15 is 0 Å². The number of ether oxygens (including phenoxy) is 1. The molecule has 1 saturated heterocycles. The van der Waals surface area contributed by atoms with Crippen LogP contribution in [0.1, 0.15) is 18.4 Å². The van der Waals surface area contributed by atoms with E-state index in [-0.39, 0.29) is 5.95 Å². The number of nitrogens with zero attached hydrogens (tertiary/aromatic N) is 3. The van der Waals surface area contributed by atoms with Gasteiger partial charge in [-0.05, 0) is 50.0 Å². The zero-order valence-corrected chi connectivity index (χ0v) is 15.9. The third-order valence-electron chi connectivity index (χ3n) is 5.34.